The lowest BCUT2D eigenvalue weighted by Gasteiger charge is -2.12. The van der Waals surface area contributed by atoms with E-state index in [1.165, 1.54) is 0 Å². The lowest BCUT2D eigenvalue weighted by molar-refractivity contribution is 0.568. The van der Waals surface area contributed by atoms with Crippen LogP contribution in [0.2, 0.25) is 0 Å². The van der Waals surface area contributed by atoms with Gasteiger partial charge in [-0.1, -0.05) is 0 Å². The van der Waals surface area contributed by atoms with E-state index in [1.54, 1.807) is 19.4 Å². The van der Waals surface area contributed by atoms with Crippen molar-refractivity contribution in [2.75, 3.05) is 20.1 Å². The third-order valence-electron chi connectivity index (χ3n) is 3.08. The van der Waals surface area contributed by atoms with Gasteiger partial charge in [0.2, 0.25) is 0 Å². The Hall–Kier alpha value is -2.31. The van der Waals surface area contributed by atoms with Gasteiger partial charge < -0.3 is 15.2 Å². The number of aliphatic imine (C=N–C) groups is 1. The fourth-order valence-electron chi connectivity index (χ4n) is 1.99. The van der Waals surface area contributed by atoms with Crippen LogP contribution in [-0.2, 0) is 13.1 Å². The molecule has 2 aromatic rings. The highest BCUT2D eigenvalue weighted by Crippen LogP contribution is 1.90. The zero-order valence-electron chi connectivity index (χ0n) is 12.4. The molecule has 2 rings (SSSR count). The summed E-state index contributed by atoms with van der Waals surface area (Å²) < 4.78 is 4.00. The van der Waals surface area contributed by atoms with E-state index in [9.17, 15) is 0 Å². The number of aromatic nitrogens is 4. The van der Waals surface area contributed by atoms with Crippen LogP contribution in [-0.4, -0.2) is 45.4 Å². The lowest BCUT2D eigenvalue weighted by Crippen LogP contribution is -2.38. The van der Waals surface area contributed by atoms with Gasteiger partial charge in [0, 0.05) is 58.0 Å². The van der Waals surface area contributed by atoms with Crippen LogP contribution in [0.3, 0.4) is 0 Å². The lowest BCUT2D eigenvalue weighted by atomic mass is 10.4. The standard InChI is InChI=1S/C14H23N7/c1-15-14(17-5-2-9-20-12-8-16-13-20)18-6-3-10-21-11-4-7-19-21/h4,7-8,11-13H,2-3,5-6,9-10H2,1H3,(H2,15,17,18). The van der Waals surface area contributed by atoms with Gasteiger partial charge in [0.05, 0.1) is 6.33 Å². The number of nitrogens with one attached hydrogen (secondary N) is 2. The van der Waals surface area contributed by atoms with Crippen LogP contribution in [0, 0.1) is 0 Å². The molecule has 2 N–H and O–H groups in total. The van der Waals surface area contributed by atoms with Gasteiger partial charge in [-0.2, -0.15) is 5.10 Å². The van der Waals surface area contributed by atoms with E-state index in [2.05, 4.69) is 30.3 Å². The first-order valence-corrected chi connectivity index (χ1v) is 7.26. The molecule has 0 aliphatic rings. The van der Waals surface area contributed by atoms with Crippen LogP contribution >= 0.6 is 0 Å². The minimum Gasteiger partial charge on any atom is -0.356 e. The Balaban J connectivity index is 1.53. The molecule has 7 heteroatoms. The summed E-state index contributed by atoms with van der Waals surface area (Å²) >= 11 is 0. The summed E-state index contributed by atoms with van der Waals surface area (Å²) in [6.07, 6.45) is 11.4. The number of hydrogen-bond donors (Lipinski definition) is 2. The second kappa shape index (κ2) is 8.78. The maximum atomic E-state index is 4.21. The summed E-state index contributed by atoms with van der Waals surface area (Å²) in [4.78, 5) is 8.23. The topological polar surface area (TPSA) is 72.1 Å². The van der Waals surface area contributed by atoms with Crippen LogP contribution in [0.15, 0.2) is 42.2 Å². The van der Waals surface area contributed by atoms with E-state index in [4.69, 9.17) is 0 Å². The van der Waals surface area contributed by atoms with Crippen LogP contribution in [0.5, 0.6) is 0 Å². The first-order valence-electron chi connectivity index (χ1n) is 7.26. The van der Waals surface area contributed by atoms with Crippen molar-refractivity contribution >= 4 is 5.96 Å². The predicted molar refractivity (Wildman–Crippen MR) is 83.1 cm³/mol. The van der Waals surface area contributed by atoms with Gasteiger partial charge >= 0.3 is 0 Å². The summed E-state index contributed by atoms with van der Waals surface area (Å²) in [5.74, 6) is 0.848. The quantitative estimate of drug-likeness (QED) is 0.427. The maximum absolute atomic E-state index is 4.21. The Morgan fingerprint density at radius 2 is 1.90 bits per heavy atom. The van der Waals surface area contributed by atoms with Crippen molar-refractivity contribution in [2.24, 2.45) is 4.99 Å². The van der Waals surface area contributed by atoms with E-state index in [1.807, 2.05) is 29.5 Å². The van der Waals surface area contributed by atoms with Crippen molar-refractivity contribution < 1.29 is 0 Å². The molecule has 0 unspecified atom stereocenters. The monoisotopic (exact) mass is 289 g/mol. The van der Waals surface area contributed by atoms with Gasteiger partial charge in [0.15, 0.2) is 5.96 Å². The van der Waals surface area contributed by atoms with Crippen molar-refractivity contribution in [3.8, 4) is 0 Å². The van der Waals surface area contributed by atoms with Gasteiger partial charge in [0.25, 0.3) is 0 Å². The van der Waals surface area contributed by atoms with Gasteiger partial charge in [-0.3, -0.25) is 9.67 Å². The van der Waals surface area contributed by atoms with Crippen LogP contribution in [0.1, 0.15) is 12.8 Å². The average molecular weight is 289 g/mol. The summed E-state index contributed by atoms with van der Waals surface area (Å²) in [5.41, 5.74) is 0. The van der Waals surface area contributed by atoms with Crippen LogP contribution < -0.4 is 10.6 Å². The van der Waals surface area contributed by atoms with E-state index in [-0.39, 0.29) is 0 Å². The normalized spacial score (nSPS) is 11.6. The summed E-state index contributed by atoms with van der Waals surface area (Å²) in [6.45, 7) is 3.64. The molecule has 2 heterocycles. The highest BCUT2D eigenvalue weighted by atomic mass is 15.3. The van der Waals surface area contributed by atoms with Crippen molar-refractivity contribution in [1.82, 2.24) is 30.0 Å². The molecule has 0 atom stereocenters. The molecule has 2 aromatic heterocycles. The largest absolute Gasteiger partial charge is 0.356 e. The maximum Gasteiger partial charge on any atom is 0.190 e. The zero-order chi connectivity index (χ0) is 14.8. The van der Waals surface area contributed by atoms with Gasteiger partial charge in [0.1, 0.15) is 0 Å². The molecule has 0 aliphatic carbocycles. The number of hydrogen-bond acceptors (Lipinski definition) is 3. The summed E-state index contributed by atoms with van der Waals surface area (Å²) in [5, 5.41) is 10.8. The minimum absolute atomic E-state index is 0.848. The summed E-state index contributed by atoms with van der Waals surface area (Å²) in [7, 11) is 1.79. The second-order valence-corrected chi connectivity index (χ2v) is 4.70. The molecule has 0 fully saturated rings. The van der Waals surface area contributed by atoms with E-state index >= 15 is 0 Å². The summed E-state index contributed by atoms with van der Waals surface area (Å²) in [6, 6.07) is 1.94. The molecular formula is C14H23N7. The molecule has 114 valence electrons. The first kappa shape index (κ1) is 15.1. The highest BCUT2D eigenvalue weighted by molar-refractivity contribution is 5.79. The fourth-order valence-corrected chi connectivity index (χ4v) is 1.99. The average Bonchev–Trinajstić information content (AvgIpc) is 3.19. The van der Waals surface area contributed by atoms with Crippen molar-refractivity contribution in [1.29, 1.82) is 0 Å². The molecule has 0 saturated carbocycles. The van der Waals surface area contributed by atoms with E-state index < -0.39 is 0 Å². The van der Waals surface area contributed by atoms with E-state index in [0.717, 1.165) is 45.0 Å². The number of imidazole rings is 1. The zero-order valence-corrected chi connectivity index (χ0v) is 12.4. The molecule has 0 saturated heterocycles. The first-order chi connectivity index (χ1) is 10.4. The highest BCUT2D eigenvalue weighted by Gasteiger charge is 1.97. The molecule has 0 bridgehead atoms. The Labute approximate surface area is 125 Å². The molecule has 0 spiro atoms. The molecule has 0 aromatic carbocycles. The van der Waals surface area contributed by atoms with Crippen LogP contribution in [0.4, 0.5) is 0 Å². The van der Waals surface area contributed by atoms with Crippen molar-refractivity contribution in [2.45, 2.75) is 25.9 Å². The minimum atomic E-state index is 0.848. The number of nitrogens with zero attached hydrogens (tertiary/aromatic N) is 5. The number of rotatable bonds is 8. The smallest absolute Gasteiger partial charge is 0.190 e. The Morgan fingerprint density at radius 3 is 2.52 bits per heavy atom. The molecule has 0 amide bonds. The van der Waals surface area contributed by atoms with Gasteiger partial charge in [-0.05, 0) is 18.9 Å². The Kier molecular flexibility index (Phi) is 6.31. The van der Waals surface area contributed by atoms with Crippen molar-refractivity contribution in [3.63, 3.8) is 0 Å². The number of aryl methyl sites for hydroxylation is 2. The second-order valence-electron chi connectivity index (χ2n) is 4.70. The molecular weight excluding hydrogens is 266 g/mol. The Morgan fingerprint density at radius 1 is 1.10 bits per heavy atom. The molecule has 7 nitrogen and oxygen atoms in total. The van der Waals surface area contributed by atoms with Gasteiger partial charge in [-0.25, -0.2) is 4.98 Å². The molecule has 21 heavy (non-hydrogen) atoms. The van der Waals surface area contributed by atoms with Gasteiger partial charge in [-0.15, -0.1) is 0 Å². The third kappa shape index (κ3) is 5.68. The molecule has 0 aliphatic heterocycles. The fraction of sp³-hybridized carbons (Fsp3) is 0.500. The van der Waals surface area contributed by atoms with Crippen LogP contribution in [0.25, 0.3) is 0 Å². The Bertz CT molecular complexity index is 457. The number of guanidine groups is 1. The predicted octanol–water partition coefficient (Wildman–Crippen LogP) is 0.725. The van der Waals surface area contributed by atoms with Crippen molar-refractivity contribution in [3.05, 3.63) is 37.2 Å². The molecule has 0 radical (unpaired) electrons. The SMILES string of the molecule is CN=C(NCCCn1ccnc1)NCCCn1cccn1. The third-order valence-corrected chi connectivity index (χ3v) is 3.08. The van der Waals surface area contributed by atoms with E-state index in [0.29, 0.717) is 0 Å².